The lowest BCUT2D eigenvalue weighted by Crippen LogP contribution is -2.39. The molecular weight excluding hydrogens is 370 g/mol. The van der Waals surface area contributed by atoms with Gasteiger partial charge >= 0.3 is 0 Å². The Morgan fingerprint density at radius 1 is 1.14 bits per heavy atom. The van der Waals surface area contributed by atoms with E-state index in [0.29, 0.717) is 23.9 Å². The predicted molar refractivity (Wildman–Crippen MR) is 115 cm³/mol. The Labute approximate surface area is 169 Å². The van der Waals surface area contributed by atoms with Crippen molar-refractivity contribution >= 4 is 28.1 Å². The van der Waals surface area contributed by atoms with Gasteiger partial charge in [0.15, 0.2) is 5.13 Å². The molecule has 0 radical (unpaired) electrons. The first kappa shape index (κ1) is 20.0. The molecule has 1 aromatic heterocycles. The number of rotatable bonds is 8. The van der Waals surface area contributed by atoms with Crippen LogP contribution in [0.25, 0.3) is 0 Å². The van der Waals surface area contributed by atoms with Crippen LogP contribution in [0.15, 0.2) is 53.9 Å². The molecule has 0 saturated carbocycles. The third-order valence-corrected chi connectivity index (χ3v) is 5.00. The Hall–Kier alpha value is -2.70. The van der Waals surface area contributed by atoms with Crippen LogP contribution in [0.2, 0.25) is 0 Å². The van der Waals surface area contributed by atoms with Gasteiger partial charge < -0.3 is 15.4 Å². The van der Waals surface area contributed by atoms with Crippen LogP contribution in [-0.2, 0) is 11.2 Å². The molecule has 0 unspecified atom stereocenters. The van der Waals surface area contributed by atoms with Gasteiger partial charge in [0, 0.05) is 18.2 Å². The summed E-state index contributed by atoms with van der Waals surface area (Å²) in [4.78, 5) is 17.1. The molecule has 146 valence electrons. The van der Waals surface area contributed by atoms with Gasteiger partial charge in [-0.1, -0.05) is 36.4 Å². The van der Waals surface area contributed by atoms with Crippen LogP contribution in [0.3, 0.4) is 0 Å². The number of ether oxygens (including phenoxy) is 1. The second kappa shape index (κ2) is 9.48. The first-order valence-corrected chi connectivity index (χ1v) is 10.1. The van der Waals surface area contributed by atoms with Crippen LogP contribution in [-0.4, -0.2) is 30.6 Å². The maximum atomic E-state index is 12.6. The van der Waals surface area contributed by atoms with Crippen molar-refractivity contribution in [3.8, 4) is 0 Å². The predicted octanol–water partition coefficient (Wildman–Crippen LogP) is 4.49. The molecule has 28 heavy (non-hydrogen) atoms. The number of hydrogen-bond acceptors (Lipinski definition) is 5. The average Bonchev–Trinajstić information content (AvgIpc) is 3.10. The normalized spacial score (nSPS) is 11.8. The summed E-state index contributed by atoms with van der Waals surface area (Å²) in [7, 11) is 1.64. The minimum absolute atomic E-state index is 0.113. The summed E-state index contributed by atoms with van der Waals surface area (Å²) in [5.74, 6) is -0.192. The van der Waals surface area contributed by atoms with Gasteiger partial charge in [-0.3, -0.25) is 4.79 Å². The molecule has 3 rings (SSSR count). The van der Waals surface area contributed by atoms with Crippen molar-refractivity contribution in [3.63, 3.8) is 0 Å². The van der Waals surface area contributed by atoms with Crippen molar-refractivity contribution in [1.29, 1.82) is 0 Å². The number of carbonyl (C=O) groups is 1. The lowest BCUT2D eigenvalue weighted by molar-refractivity contribution is 0.0892. The highest BCUT2D eigenvalue weighted by Crippen LogP contribution is 2.23. The third kappa shape index (κ3) is 5.65. The number of carbonyl (C=O) groups excluding carboxylic acids is 1. The Morgan fingerprint density at radius 2 is 1.86 bits per heavy atom. The summed E-state index contributed by atoms with van der Waals surface area (Å²) in [6, 6.07) is 16.2. The Balaban J connectivity index is 1.65. The minimum atomic E-state index is -0.192. The van der Waals surface area contributed by atoms with Crippen LogP contribution < -0.4 is 10.6 Å². The maximum Gasteiger partial charge on any atom is 0.271 e. The first-order chi connectivity index (χ1) is 13.5. The van der Waals surface area contributed by atoms with E-state index in [1.165, 1.54) is 22.5 Å². The van der Waals surface area contributed by atoms with Crippen LogP contribution in [0, 0.1) is 13.8 Å². The summed E-state index contributed by atoms with van der Waals surface area (Å²) < 4.78 is 5.27. The lowest BCUT2D eigenvalue weighted by atomic mass is 10.1. The van der Waals surface area contributed by atoms with E-state index < -0.39 is 0 Å². The second-order valence-corrected chi connectivity index (χ2v) is 7.71. The summed E-state index contributed by atoms with van der Waals surface area (Å²) in [5.41, 5.74) is 4.90. The van der Waals surface area contributed by atoms with Gasteiger partial charge in [0.05, 0.1) is 12.6 Å². The van der Waals surface area contributed by atoms with Crippen molar-refractivity contribution < 1.29 is 9.53 Å². The van der Waals surface area contributed by atoms with Gasteiger partial charge in [-0.2, -0.15) is 0 Å². The van der Waals surface area contributed by atoms with E-state index in [9.17, 15) is 4.79 Å². The number of amides is 1. The van der Waals surface area contributed by atoms with Crippen LogP contribution in [0.4, 0.5) is 10.8 Å². The number of anilines is 2. The number of nitrogens with zero attached hydrogens (tertiary/aromatic N) is 1. The van der Waals surface area contributed by atoms with Gasteiger partial charge in [0.2, 0.25) is 0 Å². The highest BCUT2D eigenvalue weighted by atomic mass is 32.1. The van der Waals surface area contributed by atoms with Crippen molar-refractivity contribution in [2.45, 2.75) is 26.3 Å². The molecule has 3 aromatic rings. The summed E-state index contributed by atoms with van der Waals surface area (Å²) in [6.45, 7) is 4.56. The zero-order valence-electron chi connectivity index (χ0n) is 16.4. The molecule has 2 aromatic carbocycles. The fourth-order valence-corrected chi connectivity index (χ4v) is 3.83. The molecular formula is C22H25N3O2S. The molecule has 0 aliphatic rings. The molecule has 0 aliphatic carbocycles. The largest absolute Gasteiger partial charge is 0.383 e. The van der Waals surface area contributed by atoms with Gasteiger partial charge in [-0.25, -0.2) is 4.98 Å². The molecule has 0 bridgehead atoms. The number of nitrogens with one attached hydrogen (secondary N) is 2. The van der Waals surface area contributed by atoms with Crippen molar-refractivity contribution in [2.75, 3.05) is 19.0 Å². The molecule has 6 heteroatoms. The highest BCUT2D eigenvalue weighted by molar-refractivity contribution is 7.14. The zero-order chi connectivity index (χ0) is 19.9. The van der Waals surface area contributed by atoms with E-state index in [-0.39, 0.29) is 11.9 Å². The minimum Gasteiger partial charge on any atom is -0.383 e. The van der Waals surface area contributed by atoms with E-state index in [4.69, 9.17) is 4.74 Å². The second-order valence-electron chi connectivity index (χ2n) is 6.85. The molecule has 1 heterocycles. The number of thiazole rings is 1. The highest BCUT2D eigenvalue weighted by Gasteiger charge is 2.17. The van der Waals surface area contributed by atoms with Crippen molar-refractivity contribution in [1.82, 2.24) is 10.3 Å². The standard InChI is InChI=1S/C22H25N3O2S/c1-15-9-16(2)11-18(10-15)24-22-25-20(14-28-22)21(26)23-19(13-27-3)12-17-7-5-4-6-8-17/h4-11,14,19H,12-13H2,1-3H3,(H,23,26)(H,24,25)/t19-/m0/s1. The number of aryl methyl sites for hydroxylation is 2. The van der Waals surface area contributed by atoms with E-state index in [1.54, 1.807) is 12.5 Å². The fourth-order valence-electron chi connectivity index (χ4n) is 3.12. The molecule has 5 nitrogen and oxygen atoms in total. The van der Waals surface area contributed by atoms with E-state index in [2.05, 4.69) is 47.7 Å². The zero-order valence-corrected chi connectivity index (χ0v) is 17.2. The summed E-state index contributed by atoms with van der Waals surface area (Å²) in [6.07, 6.45) is 0.707. The Bertz CT molecular complexity index is 904. The van der Waals surface area contributed by atoms with Gasteiger partial charge in [-0.15, -0.1) is 11.3 Å². The van der Waals surface area contributed by atoms with Crippen molar-refractivity contribution in [2.24, 2.45) is 0 Å². The lowest BCUT2D eigenvalue weighted by Gasteiger charge is -2.17. The fraction of sp³-hybridized carbons (Fsp3) is 0.273. The molecule has 1 atom stereocenters. The van der Waals surface area contributed by atoms with Crippen molar-refractivity contribution in [3.05, 3.63) is 76.3 Å². The number of hydrogen-bond donors (Lipinski definition) is 2. The van der Waals surface area contributed by atoms with Gasteiger partial charge in [-0.05, 0) is 49.1 Å². The monoisotopic (exact) mass is 395 g/mol. The molecule has 2 N–H and O–H groups in total. The SMILES string of the molecule is COC[C@H](Cc1ccccc1)NC(=O)c1csc(Nc2cc(C)cc(C)c2)n1. The summed E-state index contributed by atoms with van der Waals surface area (Å²) in [5, 5.41) is 8.78. The number of benzene rings is 2. The first-order valence-electron chi connectivity index (χ1n) is 9.18. The topological polar surface area (TPSA) is 63.2 Å². The Morgan fingerprint density at radius 3 is 2.54 bits per heavy atom. The van der Waals surface area contributed by atoms with E-state index in [1.807, 2.05) is 30.3 Å². The number of aromatic nitrogens is 1. The average molecular weight is 396 g/mol. The van der Waals surface area contributed by atoms with Crippen LogP contribution in [0.1, 0.15) is 27.2 Å². The molecule has 1 amide bonds. The third-order valence-electron chi connectivity index (χ3n) is 4.24. The smallest absolute Gasteiger partial charge is 0.271 e. The van der Waals surface area contributed by atoms with Crippen LogP contribution >= 0.6 is 11.3 Å². The quantitative estimate of drug-likeness (QED) is 0.590. The number of methoxy groups -OCH3 is 1. The van der Waals surface area contributed by atoms with Gasteiger partial charge in [0.1, 0.15) is 5.69 Å². The molecule has 0 saturated heterocycles. The molecule has 0 fully saturated rings. The molecule has 0 spiro atoms. The maximum absolute atomic E-state index is 12.6. The van der Waals surface area contributed by atoms with Crippen LogP contribution in [0.5, 0.6) is 0 Å². The molecule has 0 aliphatic heterocycles. The van der Waals surface area contributed by atoms with E-state index in [0.717, 1.165) is 11.3 Å². The summed E-state index contributed by atoms with van der Waals surface area (Å²) >= 11 is 1.41. The van der Waals surface area contributed by atoms with E-state index >= 15 is 0 Å². The Kier molecular flexibility index (Phi) is 6.79. The van der Waals surface area contributed by atoms with Gasteiger partial charge in [0.25, 0.3) is 5.91 Å².